The Labute approximate surface area is 100 Å². The number of benzene rings is 1. The van der Waals surface area contributed by atoms with Gasteiger partial charge in [0.05, 0.1) is 11.4 Å². The van der Waals surface area contributed by atoms with Crippen LogP contribution >= 0.6 is 0 Å². The van der Waals surface area contributed by atoms with Crippen molar-refractivity contribution in [3.63, 3.8) is 0 Å². The van der Waals surface area contributed by atoms with E-state index in [1.807, 2.05) is 65.5 Å². The Morgan fingerprint density at radius 1 is 1.18 bits per heavy atom. The summed E-state index contributed by atoms with van der Waals surface area (Å²) in [6, 6.07) is 11.6. The maximum atomic E-state index is 11.1. The van der Waals surface area contributed by atoms with E-state index < -0.39 is 0 Å². The van der Waals surface area contributed by atoms with Gasteiger partial charge < -0.3 is 5.32 Å². The Morgan fingerprint density at radius 3 is 2.47 bits per heavy atom. The number of anilines is 2. The minimum atomic E-state index is -0.0710. The van der Waals surface area contributed by atoms with Crippen molar-refractivity contribution in [1.29, 1.82) is 0 Å². The van der Waals surface area contributed by atoms with Crippen molar-refractivity contribution < 1.29 is 4.79 Å². The molecule has 1 amide bonds. The number of hydrogen-bond acceptors (Lipinski definition) is 2. The second kappa shape index (κ2) is 4.74. The second-order valence-corrected chi connectivity index (χ2v) is 3.78. The molecule has 0 fully saturated rings. The highest BCUT2D eigenvalue weighted by Crippen LogP contribution is 2.24. The number of nitrogens with zero attached hydrogens (tertiary/aromatic N) is 2. The first-order valence-electron chi connectivity index (χ1n) is 5.42. The quantitative estimate of drug-likeness (QED) is 0.877. The van der Waals surface area contributed by atoms with Crippen LogP contribution in [0.3, 0.4) is 0 Å². The third-order valence-electron chi connectivity index (χ3n) is 2.50. The van der Waals surface area contributed by atoms with Crippen molar-refractivity contribution in [2.24, 2.45) is 0 Å². The predicted molar refractivity (Wildman–Crippen MR) is 69.0 cm³/mol. The van der Waals surface area contributed by atoms with E-state index in [4.69, 9.17) is 0 Å². The van der Waals surface area contributed by atoms with E-state index in [1.54, 1.807) is 0 Å². The number of carbonyl (C=O) groups is 1. The summed E-state index contributed by atoms with van der Waals surface area (Å²) < 4.78 is 1.95. The molecule has 1 heterocycles. The Bertz CT molecular complexity index is 505. The largest absolute Gasteiger partial charge is 0.324 e. The van der Waals surface area contributed by atoms with Crippen LogP contribution in [0, 0.1) is 0 Å². The first kappa shape index (κ1) is 11.3. The van der Waals surface area contributed by atoms with Gasteiger partial charge in [-0.1, -0.05) is 12.1 Å². The molecule has 1 aromatic carbocycles. The number of amides is 1. The molecule has 2 aromatic rings. The molecule has 0 saturated heterocycles. The minimum absolute atomic E-state index is 0.0710. The number of para-hydroxylation sites is 2. The summed E-state index contributed by atoms with van der Waals surface area (Å²) in [5, 5.41) is 4.79. The van der Waals surface area contributed by atoms with E-state index in [-0.39, 0.29) is 5.91 Å². The number of rotatable bonds is 3. The van der Waals surface area contributed by atoms with Gasteiger partial charge >= 0.3 is 0 Å². The number of hydrogen-bond donors (Lipinski definition) is 1. The van der Waals surface area contributed by atoms with Crippen LogP contribution in [0.25, 0.3) is 0 Å². The normalized spacial score (nSPS) is 10.0. The molecule has 0 atom stereocenters. The topological polar surface area (TPSA) is 37.3 Å². The molecule has 4 heteroatoms. The fourth-order valence-electron chi connectivity index (χ4n) is 1.70. The van der Waals surface area contributed by atoms with Crippen LogP contribution < -0.4 is 10.3 Å². The molecule has 0 radical (unpaired) electrons. The van der Waals surface area contributed by atoms with Crippen LogP contribution in [0.15, 0.2) is 48.8 Å². The fraction of sp³-hybridized carbons (Fsp3) is 0.154. The van der Waals surface area contributed by atoms with E-state index in [1.165, 1.54) is 6.92 Å². The average molecular weight is 229 g/mol. The number of carbonyl (C=O) groups excluding carboxylic acids is 1. The van der Waals surface area contributed by atoms with Gasteiger partial charge in [0.15, 0.2) is 0 Å². The maximum absolute atomic E-state index is 11.1. The first-order chi connectivity index (χ1) is 8.18. The van der Waals surface area contributed by atoms with E-state index in [9.17, 15) is 4.79 Å². The lowest BCUT2D eigenvalue weighted by atomic mass is 10.2. The number of aromatic nitrogens is 1. The molecule has 4 nitrogen and oxygen atoms in total. The van der Waals surface area contributed by atoms with Crippen molar-refractivity contribution in [1.82, 2.24) is 4.68 Å². The molecular weight excluding hydrogens is 214 g/mol. The Balaban J connectivity index is 2.34. The smallest absolute Gasteiger partial charge is 0.221 e. The molecule has 2 rings (SSSR count). The summed E-state index contributed by atoms with van der Waals surface area (Å²) in [4.78, 5) is 11.1. The van der Waals surface area contributed by atoms with Gasteiger partial charge in [-0.05, 0) is 24.3 Å². The molecule has 0 saturated carbocycles. The summed E-state index contributed by atoms with van der Waals surface area (Å²) >= 11 is 0. The van der Waals surface area contributed by atoms with Gasteiger partial charge in [-0.15, -0.1) is 0 Å². The fourth-order valence-corrected chi connectivity index (χ4v) is 1.70. The summed E-state index contributed by atoms with van der Waals surface area (Å²) in [7, 11) is 1.95. The zero-order valence-electron chi connectivity index (χ0n) is 9.92. The molecule has 17 heavy (non-hydrogen) atoms. The van der Waals surface area contributed by atoms with Gasteiger partial charge in [0.25, 0.3) is 0 Å². The van der Waals surface area contributed by atoms with Gasteiger partial charge in [-0.2, -0.15) is 0 Å². The zero-order chi connectivity index (χ0) is 12.3. The molecule has 0 aliphatic heterocycles. The second-order valence-electron chi connectivity index (χ2n) is 3.78. The molecule has 1 aromatic heterocycles. The highest BCUT2D eigenvalue weighted by Gasteiger charge is 2.08. The van der Waals surface area contributed by atoms with Crippen molar-refractivity contribution >= 4 is 17.3 Å². The lowest BCUT2D eigenvalue weighted by Crippen LogP contribution is -2.24. The van der Waals surface area contributed by atoms with Gasteiger partial charge in [-0.3, -0.25) is 14.5 Å². The maximum Gasteiger partial charge on any atom is 0.221 e. The molecule has 0 bridgehead atoms. The van der Waals surface area contributed by atoms with Crippen LogP contribution in [-0.2, 0) is 4.79 Å². The third kappa shape index (κ3) is 2.47. The van der Waals surface area contributed by atoms with Gasteiger partial charge in [0.1, 0.15) is 0 Å². The Kier molecular flexibility index (Phi) is 3.14. The van der Waals surface area contributed by atoms with Crippen molar-refractivity contribution in [2.75, 3.05) is 17.4 Å². The van der Waals surface area contributed by atoms with Crippen LogP contribution in [0.5, 0.6) is 0 Å². The van der Waals surface area contributed by atoms with Gasteiger partial charge in [0.2, 0.25) is 5.91 Å². The lowest BCUT2D eigenvalue weighted by Gasteiger charge is -2.23. The van der Waals surface area contributed by atoms with Gasteiger partial charge in [-0.25, -0.2) is 0 Å². The highest BCUT2D eigenvalue weighted by atomic mass is 16.1. The monoisotopic (exact) mass is 229 g/mol. The standard InChI is InChI=1S/C13H15N3O/c1-11(17)14-12-7-3-4-8-13(12)15(2)16-9-5-6-10-16/h3-10H,1-2H3,(H,14,17). The van der Waals surface area contributed by atoms with E-state index in [0.717, 1.165) is 11.4 Å². The SMILES string of the molecule is CC(=O)Nc1ccccc1N(C)n1cccc1. The number of nitrogens with one attached hydrogen (secondary N) is 1. The van der Waals surface area contributed by atoms with E-state index >= 15 is 0 Å². The molecule has 0 spiro atoms. The molecule has 0 unspecified atom stereocenters. The Hall–Kier alpha value is -2.23. The molecule has 0 aliphatic carbocycles. The zero-order valence-corrected chi connectivity index (χ0v) is 9.92. The first-order valence-corrected chi connectivity index (χ1v) is 5.42. The van der Waals surface area contributed by atoms with Gasteiger partial charge in [0, 0.05) is 26.4 Å². The molecule has 1 N–H and O–H groups in total. The summed E-state index contributed by atoms with van der Waals surface area (Å²) in [6.45, 7) is 1.51. The average Bonchev–Trinajstić information content (AvgIpc) is 2.81. The van der Waals surface area contributed by atoms with Crippen molar-refractivity contribution in [2.45, 2.75) is 6.92 Å². The van der Waals surface area contributed by atoms with Crippen molar-refractivity contribution in [3.05, 3.63) is 48.8 Å². The summed E-state index contributed by atoms with van der Waals surface area (Å²) in [5.74, 6) is -0.0710. The summed E-state index contributed by atoms with van der Waals surface area (Å²) in [6.07, 6.45) is 3.90. The minimum Gasteiger partial charge on any atom is -0.324 e. The van der Waals surface area contributed by atoms with Crippen LogP contribution in [0.2, 0.25) is 0 Å². The van der Waals surface area contributed by atoms with Crippen LogP contribution in [-0.4, -0.2) is 17.6 Å². The summed E-state index contributed by atoms with van der Waals surface area (Å²) in [5.41, 5.74) is 1.75. The van der Waals surface area contributed by atoms with Crippen LogP contribution in [0.1, 0.15) is 6.92 Å². The third-order valence-corrected chi connectivity index (χ3v) is 2.50. The highest BCUT2D eigenvalue weighted by molar-refractivity contribution is 5.92. The molecule has 88 valence electrons. The Morgan fingerprint density at radius 2 is 1.82 bits per heavy atom. The van der Waals surface area contributed by atoms with E-state index in [2.05, 4.69) is 5.32 Å². The van der Waals surface area contributed by atoms with E-state index in [0.29, 0.717) is 0 Å². The molecular formula is C13H15N3O. The lowest BCUT2D eigenvalue weighted by molar-refractivity contribution is -0.114. The predicted octanol–water partition coefficient (Wildman–Crippen LogP) is 2.35. The van der Waals surface area contributed by atoms with Crippen molar-refractivity contribution in [3.8, 4) is 0 Å². The van der Waals surface area contributed by atoms with Crippen LogP contribution in [0.4, 0.5) is 11.4 Å². The molecule has 0 aliphatic rings.